The van der Waals surface area contributed by atoms with E-state index in [9.17, 15) is 4.79 Å². The molecule has 0 bridgehead atoms. The predicted molar refractivity (Wildman–Crippen MR) is 155 cm³/mol. The van der Waals surface area contributed by atoms with Crippen molar-refractivity contribution in [3.8, 4) is 11.5 Å². The van der Waals surface area contributed by atoms with Crippen molar-refractivity contribution in [3.63, 3.8) is 0 Å². The van der Waals surface area contributed by atoms with Gasteiger partial charge in [-0.05, 0) is 57.0 Å². The van der Waals surface area contributed by atoms with E-state index in [1.54, 1.807) is 18.5 Å². The molecule has 1 aliphatic rings. The highest BCUT2D eigenvalue weighted by molar-refractivity contribution is 5.95. The lowest BCUT2D eigenvalue weighted by molar-refractivity contribution is -0.127. The summed E-state index contributed by atoms with van der Waals surface area (Å²) in [4.78, 5) is 21.6. The third-order valence-corrected chi connectivity index (χ3v) is 6.06. The Morgan fingerprint density at radius 1 is 1.10 bits per heavy atom. The quantitative estimate of drug-likeness (QED) is 0.299. The summed E-state index contributed by atoms with van der Waals surface area (Å²) >= 11 is 0. The first-order valence-electron chi connectivity index (χ1n) is 12.9. The summed E-state index contributed by atoms with van der Waals surface area (Å²) in [6.45, 7) is 8.70. The van der Waals surface area contributed by atoms with Crippen LogP contribution in [0.3, 0.4) is 0 Å². The molecule has 2 aromatic carbocycles. The standard InChI is InChI=1S/C30H34N6O3/c1-5-38-26-16-20(15-23-17-33-30(32)35-29(23)31)14-21(28(26)39-6-2)11-12-27(37)36-25(13-19(3)4)24-10-8-7-9-22(24)18-34-36/h7-14,16-18,25H,5-6,15H2,1-4H3,(H4,31,32,33,35)/b12-11+. The molecule has 0 saturated carbocycles. The van der Waals surface area contributed by atoms with Gasteiger partial charge in [0.05, 0.1) is 25.5 Å². The van der Waals surface area contributed by atoms with Crippen LogP contribution in [0.25, 0.3) is 6.08 Å². The number of fused-ring (bicyclic) bond motifs is 1. The average Bonchev–Trinajstić information content (AvgIpc) is 2.90. The van der Waals surface area contributed by atoms with Crippen LogP contribution in [-0.4, -0.2) is 40.3 Å². The molecule has 0 saturated heterocycles. The maximum atomic E-state index is 13.5. The van der Waals surface area contributed by atoms with Crippen molar-refractivity contribution in [1.82, 2.24) is 15.0 Å². The molecule has 39 heavy (non-hydrogen) atoms. The second-order valence-corrected chi connectivity index (χ2v) is 9.27. The van der Waals surface area contributed by atoms with E-state index in [0.29, 0.717) is 42.5 Å². The molecule has 9 heteroatoms. The third-order valence-electron chi connectivity index (χ3n) is 6.06. The number of nitrogen functional groups attached to an aromatic ring is 2. The smallest absolute Gasteiger partial charge is 0.267 e. The fourth-order valence-corrected chi connectivity index (χ4v) is 4.39. The monoisotopic (exact) mass is 526 g/mol. The summed E-state index contributed by atoms with van der Waals surface area (Å²) in [5.41, 5.74) is 17.2. The van der Waals surface area contributed by atoms with Crippen LogP contribution in [0.4, 0.5) is 11.8 Å². The number of rotatable bonds is 9. The summed E-state index contributed by atoms with van der Waals surface area (Å²) < 4.78 is 11.9. The van der Waals surface area contributed by atoms with Crippen LogP contribution in [0.1, 0.15) is 61.6 Å². The normalized spacial score (nSPS) is 14.3. The number of amides is 1. The topological polar surface area (TPSA) is 129 Å². The molecule has 1 aliphatic heterocycles. The third kappa shape index (κ3) is 6.43. The van der Waals surface area contributed by atoms with Crippen LogP contribution in [0.2, 0.25) is 0 Å². The van der Waals surface area contributed by atoms with Gasteiger partial charge in [0.25, 0.3) is 5.91 Å². The Bertz CT molecular complexity index is 1440. The van der Waals surface area contributed by atoms with E-state index < -0.39 is 0 Å². The molecule has 4 rings (SSSR count). The first-order valence-corrected chi connectivity index (χ1v) is 12.9. The van der Waals surface area contributed by atoms with Crippen molar-refractivity contribution < 1.29 is 14.3 Å². The number of benzene rings is 2. The number of aromatic nitrogens is 2. The summed E-state index contributed by atoms with van der Waals surface area (Å²) in [7, 11) is 0. The molecule has 9 nitrogen and oxygen atoms in total. The number of ether oxygens (including phenoxy) is 2. The van der Waals surface area contributed by atoms with Crippen LogP contribution in [0, 0.1) is 0 Å². The lowest BCUT2D eigenvalue weighted by atomic mass is 9.97. The number of allylic oxidation sites excluding steroid dienone is 1. The molecule has 0 aliphatic carbocycles. The van der Waals surface area contributed by atoms with Crippen LogP contribution in [-0.2, 0) is 11.2 Å². The van der Waals surface area contributed by atoms with E-state index >= 15 is 0 Å². The number of carbonyl (C=O) groups excluding carboxylic acids is 1. The van der Waals surface area contributed by atoms with Crippen LogP contribution >= 0.6 is 0 Å². The fourth-order valence-electron chi connectivity index (χ4n) is 4.39. The Morgan fingerprint density at radius 3 is 2.59 bits per heavy atom. The van der Waals surface area contributed by atoms with Gasteiger partial charge in [-0.15, -0.1) is 0 Å². The number of carbonyl (C=O) groups is 1. The highest BCUT2D eigenvalue weighted by Gasteiger charge is 2.26. The number of hydrazone groups is 1. The van der Waals surface area contributed by atoms with Gasteiger partial charge < -0.3 is 20.9 Å². The molecular formula is C30H34N6O3. The number of anilines is 2. The summed E-state index contributed by atoms with van der Waals surface area (Å²) in [6.07, 6.45) is 9.06. The van der Waals surface area contributed by atoms with Crippen molar-refractivity contribution in [2.75, 3.05) is 24.7 Å². The van der Waals surface area contributed by atoms with E-state index in [0.717, 1.165) is 27.8 Å². The van der Waals surface area contributed by atoms with Crippen molar-refractivity contribution in [2.24, 2.45) is 5.10 Å². The minimum atomic E-state index is -0.307. The molecular weight excluding hydrogens is 492 g/mol. The van der Waals surface area contributed by atoms with E-state index in [1.807, 2.05) is 70.2 Å². The maximum absolute atomic E-state index is 13.5. The molecule has 202 valence electrons. The van der Waals surface area contributed by atoms with Crippen LogP contribution in [0.5, 0.6) is 11.5 Å². The van der Waals surface area contributed by atoms with Gasteiger partial charge in [-0.25, -0.2) is 9.99 Å². The molecule has 0 radical (unpaired) electrons. The zero-order valence-corrected chi connectivity index (χ0v) is 22.7. The van der Waals surface area contributed by atoms with Crippen molar-refractivity contribution in [3.05, 3.63) is 88.1 Å². The van der Waals surface area contributed by atoms with Gasteiger partial charge in [-0.2, -0.15) is 10.1 Å². The molecule has 2 heterocycles. The Kier molecular flexibility index (Phi) is 8.60. The zero-order chi connectivity index (χ0) is 27.9. The predicted octanol–water partition coefficient (Wildman–Crippen LogP) is 4.93. The minimum absolute atomic E-state index is 0.120. The Hall–Kier alpha value is -4.66. The Morgan fingerprint density at radius 2 is 1.87 bits per heavy atom. The van der Waals surface area contributed by atoms with Crippen molar-refractivity contribution in [1.29, 1.82) is 0 Å². The molecule has 3 aromatic rings. The van der Waals surface area contributed by atoms with Gasteiger partial charge in [-0.1, -0.05) is 35.9 Å². The van der Waals surface area contributed by atoms with Crippen LogP contribution < -0.4 is 20.9 Å². The van der Waals surface area contributed by atoms with Crippen molar-refractivity contribution in [2.45, 2.75) is 40.2 Å². The molecule has 0 fully saturated rings. The van der Waals surface area contributed by atoms with E-state index in [-0.39, 0.29) is 17.9 Å². The molecule has 1 aromatic heterocycles. The number of nitrogens with two attached hydrogens (primary N) is 2. The lowest BCUT2D eigenvalue weighted by Gasteiger charge is -2.29. The molecule has 1 atom stereocenters. The molecule has 4 N–H and O–H groups in total. The summed E-state index contributed by atoms with van der Waals surface area (Å²) in [5, 5.41) is 5.97. The second-order valence-electron chi connectivity index (χ2n) is 9.27. The van der Waals surface area contributed by atoms with Gasteiger partial charge in [0.2, 0.25) is 5.95 Å². The van der Waals surface area contributed by atoms with Gasteiger partial charge in [0.1, 0.15) is 5.82 Å². The summed E-state index contributed by atoms with van der Waals surface area (Å²) in [5.74, 6) is 1.31. The van der Waals surface area contributed by atoms with Gasteiger partial charge >= 0.3 is 0 Å². The fraction of sp³-hybridized carbons (Fsp3) is 0.267. The number of nitrogens with zero attached hydrogens (tertiary/aromatic N) is 4. The highest BCUT2D eigenvalue weighted by atomic mass is 16.5. The van der Waals surface area contributed by atoms with Gasteiger partial charge in [0, 0.05) is 35.4 Å². The molecule has 1 amide bonds. The first-order chi connectivity index (χ1) is 18.8. The Balaban J connectivity index is 1.70. The highest BCUT2D eigenvalue weighted by Crippen LogP contribution is 2.36. The van der Waals surface area contributed by atoms with Crippen molar-refractivity contribution >= 4 is 30.0 Å². The Labute approximate surface area is 228 Å². The van der Waals surface area contributed by atoms with Crippen LogP contribution in [0.15, 0.2) is 65.4 Å². The SMILES string of the molecule is CCOc1cc(Cc2cnc(N)nc2N)cc(/C=C/C(=O)N2N=Cc3ccccc3C2C=C(C)C)c1OCC. The second kappa shape index (κ2) is 12.3. The lowest BCUT2D eigenvalue weighted by Crippen LogP contribution is -2.31. The molecule has 0 spiro atoms. The molecule has 1 unspecified atom stereocenters. The average molecular weight is 527 g/mol. The number of hydrogen-bond acceptors (Lipinski definition) is 8. The van der Waals surface area contributed by atoms with Gasteiger partial charge in [-0.3, -0.25) is 4.79 Å². The maximum Gasteiger partial charge on any atom is 0.267 e. The van der Waals surface area contributed by atoms with E-state index in [1.165, 1.54) is 11.1 Å². The van der Waals surface area contributed by atoms with E-state index in [4.69, 9.17) is 20.9 Å². The zero-order valence-electron chi connectivity index (χ0n) is 22.7. The first kappa shape index (κ1) is 27.4. The largest absolute Gasteiger partial charge is 0.490 e. The summed E-state index contributed by atoms with van der Waals surface area (Å²) in [6, 6.07) is 11.5. The van der Waals surface area contributed by atoms with Gasteiger partial charge in [0.15, 0.2) is 11.5 Å². The van der Waals surface area contributed by atoms with E-state index in [2.05, 4.69) is 15.1 Å². The number of hydrogen-bond donors (Lipinski definition) is 2. The minimum Gasteiger partial charge on any atom is -0.490 e.